The number of nitrogens with zero attached hydrogens (tertiary/aromatic N) is 2. The summed E-state index contributed by atoms with van der Waals surface area (Å²) in [7, 11) is -3.66. The number of imidazole rings is 1. The van der Waals surface area contributed by atoms with Crippen molar-refractivity contribution in [2.24, 2.45) is 0 Å². The van der Waals surface area contributed by atoms with Gasteiger partial charge in [-0.3, -0.25) is 5.10 Å². The standard InChI is InChI=1S/C11H18N6O2S/c1-3-12-6-10-8(2)16-17-11(10)20(18,19)15-5-9-4-13-7-14-9/h4,7,12,15H,3,5-6H2,1-2H3,(H,13,14)(H,16,17). The molecule has 0 aliphatic rings. The van der Waals surface area contributed by atoms with E-state index in [1.807, 2.05) is 6.92 Å². The highest BCUT2D eigenvalue weighted by atomic mass is 32.2. The van der Waals surface area contributed by atoms with Crippen molar-refractivity contribution in [1.82, 2.24) is 30.2 Å². The molecule has 0 aliphatic carbocycles. The molecule has 0 atom stereocenters. The maximum Gasteiger partial charge on any atom is 0.260 e. The van der Waals surface area contributed by atoms with Crippen LogP contribution in [-0.2, 0) is 23.1 Å². The van der Waals surface area contributed by atoms with Crippen molar-refractivity contribution in [3.63, 3.8) is 0 Å². The SMILES string of the molecule is CCNCc1c(S(=O)(=O)NCc2cnc[nH]2)n[nH]c1C. The van der Waals surface area contributed by atoms with Crippen LogP contribution in [-0.4, -0.2) is 35.1 Å². The molecule has 20 heavy (non-hydrogen) atoms. The molecule has 2 rings (SSSR count). The van der Waals surface area contributed by atoms with Gasteiger partial charge in [0.25, 0.3) is 10.0 Å². The average Bonchev–Trinajstić information content (AvgIpc) is 3.04. The summed E-state index contributed by atoms with van der Waals surface area (Å²) in [5.74, 6) is 0. The number of H-pyrrole nitrogens is 2. The molecule has 9 heteroatoms. The first-order valence-electron chi connectivity index (χ1n) is 6.26. The van der Waals surface area contributed by atoms with Gasteiger partial charge in [-0.25, -0.2) is 18.1 Å². The van der Waals surface area contributed by atoms with Crippen LogP contribution in [0.25, 0.3) is 0 Å². The average molecular weight is 298 g/mol. The fourth-order valence-corrected chi connectivity index (χ4v) is 2.93. The van der Waals surface area contributed by atoms with Crippen molar-refractivity contribution in [2.75, 3.05) is 6.54 Å². The fraction of sp³-hybridized carbons (Fsp3) is 0.455. The summed E-state index contributed by atoms with van der Waals surface area (Å²) >= 11 is 0. The topological polar surface area (TPSA) is 116 Å². The first-order valence-corrected chi connectivity index (χ1v) is 7.74. The molecule has 0 aromatic carbocycles. The van der Waals surface area contributed by atoms with Crippen LogP contribution in [0.3, 0.4) is 0 Å². The Morgan fingerprint density at radius 3 is 2.80 bits per heavy atom. The van der Waals surface area contributed by atoms with Gasteiger partial charge in [0.15, 0.2) is 5.03 Å². The highest BCUT2D eigenvalue weighted by Gasteiger charge is 2.23. The third-order valence-electron chi connectivity index (χ3n) is 2.85. The van der Waals surface area contributed by atoms with E-state index in [2.05, 4.69) is 30.2 Å². The second kappa shape index (κ2) is 6.16. The van der Waals surface area contributed by atoms with Crippen LogP contribution in [0.1, 0.15) is 23.9 Å². The van der Waals surface area contributed by atoms with Gasteiger partial charge in [0.1, 0.15) is 0 Å². The molecule has 0 spiro atoms. The minimum atomic E-state index is -3.66. The molecule has 0 fully saturated rings. The summed E-state index contributed by atoms with van der Waals surface area (Å²) in [4.78, 5) is 6.67. The molecule has 0 aliphatic heterocycles. The predicted octanol–water partition coefficient (Wildman–Crippen LogP) is 0.0292. The van der Waals surface area contributed by atoms with E-state index in [9.17, 15) is 8.42 Å². The summed E-state index contributed by atoms with van der Waals surface area (Å²) in [6.45, 7) is 5.12. The van der Waals surface area contributed by atoms with Crippen LogP contribution in [0.15, 0.2) is 17.6 Å². The molecular formula is C11H18N6O2S. The van der Waals surface area contributed by atoms with Crippen molar-refractivity contribution in [3.05, 3.63) is 29.5 Å². The minimum absolute atomic E-state index is 0.0375. The lowest BCUT2D eigenvalue weighted by Crippen LogP contribution is -2.26. The molecule has 0 saturated heterocycles. The van der Waals surface area contributed by atoms with Crippen LogP contribution >= 0.6 is 0 Å². The Balaban J connectivity index is 2.16. The van der Waals surface area contributed by atoms with E-state index in [1.165, 1.54) is 6.33 Å². The van der Waals surface area contributed by atoms with Gasteiger partial charge >= 0.3 is 0 Å². The van der Waals surface area contributed by atoms with Gasteiger partial charge in [-0.2, -0.15) is 5.10 Å². The monoisotopic (exact) mass is 298 g/mol. The van der Waals surface area contributed by atoms with Gasteiger partial charge in [0.2, 0.25) is 0 Å². The van der Waals surface area contributed by atoms with Crippen LogP contribution in [0.4, 0.5) is 0 Å². The first kappa shape index (κ1) is 14.7. The first-order chi connectivity index (χ1) is 9.54. The third-order valence-corrected chi connectivity index (χ3v) is 4.22. The summed E-state index contributed by atoms with van der Waals surface area (Å²) in [6, 6.07) is 0. The van der Waals surface area contributed by atoms with E-state index in [-0.39, 0.29) is 11.6 Å². The number of aromatic amines is 2. The Kier molecular flexibility index (Phi) is 4.53. The molecule has 2 aromatic rings. The number of hydrogen-bond acceptors (Lipinski definition) is 5. The molecule has 0 amide bonds. The van der Waals surface area contributed by atoms with E-state index in [4.69, 9.17) is 0 Å². The van der Waals surface area contributed by atoms with Gasteiger partial charge in [-0.15, -0.1) is 0 Å². The van der Waals surface area contributed by atoms with E-state index in [0.717, 1.165) is 12.2 Å². The van der Waals surface area contributed by atoms with Crippen LogP contribution in [0.2, 0.25) is 0 Å². The van der Waals surface area contributed by atoms with Crippen molar-refractivity contribution < 1.29 is 8.42 Å². The Morgan fingerprint density at radius 1 is 1.35 bits per heavy atom. The smallest absolute Gasteiger partial charge is 0.260 e. The Morgan fingerprint density at radius 2 is 2.15 bits per heavy atom. The van der Waals surface area contributed by atoms with Crippen molar-refractivity contribution in [2.45, 2.75) is 32.0 Å². The molecule has 0 saturated carbocycles. The summed E-state index contributed by atoms with van der Waals surface area (Å²) in [5, 5.41) is 9.76. The normalized spacial score (nSPS) is 11.9. The van der Waals surface area contributed by atoms with E-state index in [1.54, 1.807) is 13.1 Å². The van der Waals surface area contributed by atoms with E-state index in [0.29, 0.717) is 17.8 Å². The minimum Gasteiger partial charge on any atom is -0.347 e. The van der Waals surface area contributed by atoms with Gasteiger partial charge < -0.3 is 10.3 Å². The Labute approximate surface area is 117 Å². The Hall–Kier alpha value is -1.71. The molecule has 0 unspecified atom stereocenters. The fourth-order valence-electron chi connectivity index (χ4n) is 1.73. The van der Waals surface area contributed by atoms with Crippen LogP contribution in [0, 0.1) is 6.92 Å². The number of hydrogen-bond donors (Lipinski definition) is 4. The number of aromatic nitrogens is 4. The number of rotatable bonds is 7. The molecule has 0 bridgehead atoms. The highest BCUT2D eigenvalue weighted by Crippen LogP contribution is 2.16. The van der Waals surface area contributed by atoms with Gasteiger partial charge in [0, 0.05) is 29.7 Å². The molecule has 4 N–H and O–H groups in total. The predicted molar refractivity (Wildman–Crippen MR) is 73.3 cm³/mol. The van der Waals surface area contributed by atoms with E-state index >= 15 is 0 Å². The van der Waals surface area contributed by atoms with Crippen LogP contribution < -0.4 is 10.0 Å². The summed E-state index contributed by atoms with van der Waals surface area (Å²) < 4.78 is 27.0. The third kappa shape index (κ3) is 3.24. The second-order valence-electron chi connectivity index (χ2n) is 4.31. The highest BCUT2D eigenvalue weighted by molar-refractivity contribution is 7.89. The number of aryl methyl sites for hydroxylation is 1. The zero-order valence-electron chi connectivity index (χ0n) is 11.4. The lowest BCUT2D eigenvalue weighted by Gasteiger charge is -2.06. The molecular weight excluding hydrogens is 280 g/mol. The summed E-state index contributed by atoms with van der Waals surface area (Å²) in [5.41, 5.74) is 2.09. The van der Waals surface area contributed by atoms with Gasteiger partial charge in [-0.05, 0) is 13.5 Å². The summed E-state index contributed by atoms with van der Waals surface area (Å²) in [6.07, 6.45) is 3.07. The van der Waals surface area contributed by atoms with Crippen molar-refractivity contribution in [3.8, 4) is 0 Å². The largest absolute Gasteiger partial charge is 0.347 e. The lowest BCUT2D eigenvalue weighted by atomic mass is 10.2. The molecule has 0 radical (unpaired) electrons. The lowest BCUT2D eigenvalue weighted by molar-refractivity contribution is 0.573. The molecule has 2 aromatic heterocycles. The molecule has 110 valence electrons. The maximum atomic E-state index is 12.3. The number of nitrogens with one attached hydrogen (secondary N) is 4. The van der Waals surface area contributed by atoms with Gasteiger partial charge in [0.05, 0.1) is 12.9 Å². The van der Waals surface area contributed by atoms with Crippen molar-refractivity contribution >= 4 is 10.0 Å². The second-order valence-corrected chi connectivity index (χ2v) is 6.00. The Bertz CT molecular complexity index is 647. The zero-order valence-corrected chi connectivity index (χ0v) is 12.2. The molecule has 2 heterocycles. The zero-order chi connectivity index (χ0) is 14.6. The molecule has 8 nitrogen and oxygen atoms in total. The quantitative estimate of drug-likeness (QED) is 0.575. The van der Waals surface area contributed by atoms with Crippen molar-refractivity contribution in [1.29, 1.82) is 0 Å². The van der Waals surface area contributed by atoms with Gasteiger partial charge in [-0.1, -0.05) is 6.92 Å². The van der Waals surface area contributed by atoms with Crippen LogP contribution in [0.5, 0.6) is 0 Å². The maximum absolute atomic E-state index is 12.3. The van der Waals surface area contributed by atoms with E-state index < -0.39 is 10.0 Å². The number of sulfonamides is 1.